The first-order valence-electron chi connectivity index (χ1n) is 5.43. The van der Waals surface area contributed by atoms with Crippen molar-refractivity contribution in [3.05, 3.63) is 53.8 Å². The van der Waals surface area contributed by atoms with Crippen molar-refractivity contribution in [3.63, 3.8) is 0 Å². The molecule has 1 atom stereocenters. The summed E-state index contributed by atoms with van der Waals surface area (Å²) in [6.45, 7) is 0. The molecule has 1 heterocycles. The Morgan fingerprint density at radius 2 is 1.83 bits per heavy atom. The maximum absolute atomic E-state index is 12.9. The molecule has 0 bridgehead atoms. The van der Waals surface area contributed by atoms with Crippen LogP contribution in [0.3, 0.4) is 0 Å². The predicted molar refractivity (Wildman–Crippen MR) is 76.4 cm³/mol. The third kappa shape index (κ3) is 1.75. The predicted octanol–water partition coefficient (Wildman–Crippen LogP) is 3.56. The Balaban J connectivity index is 2.08. The minimum absolute atomic E-state index is 0.247. The SMILES string of the molecule is C=S1C(c2ccc(F)cc2)=Nc2ccc(N)cc21. The lowest BCUT2D eigenvalue weighted by Gasteiger charge is -2.05. The van der Waals surface area contributed by atoms with Crippen LogP contribution in [-0.2, 0) is 0 Å². The lowest BCUT2D eigenvalue weighted by atomic mass is 10.2. The van der Waals surface area contributed by atoms with Gasteiger partial charge >= 0.3 is 0 Å². The summed E-state index contributed by atoms with van der Waals surface area (Å²) in [5.74, 6) is 3.90. The van der Waals surface area contributed by atoms with E-state index in [1.165, 1.54) is 12.1 Å². The summed E-state index contributed by atoms with van der Waals surface area (Å²) in [6, 6.07) is 12.0. The van der Waals surface area contributed by atoms with E-state index >= 15 is 0 Å². The number of fused-ring (bicyclic) bond motifs is 1. The lowest BCUT2D eigenvalue weighted by Crippen LogP contribution is -1.94. The fourth-order valence-corrected chi connectivity index (χ4v) is 3.37. The molecule has 2 nitrogen and oxygen atoms in total. The van der Waals surface area contributed by atoms with Crippen LogP contribution in [0.2, 0.25) is 0 Å². The van der Waals surface area contributed by atoms with Crippen LogP contribution in [0.15, 0.2) is 52.4 Å². The van der Waals surface area contributed by atoms with Crippen LogP contribution in [0.1, 0.15) is 5.56 Å². The zero-order valence-corrected chi connectivity index (χ0v) is 10.4. The molecule has 3 rings (SSSR count). The van der Waals surface area contributed by atoms with E-state index in [1.54, 1.807) is 12.1 Å². The van der Waals surface area contributed by atoms with Crippen molar-refractivity contribution in [2.45, 2.75) is 4.90 Å². The molecule has 0 radical (unpaired) electrons. The van der Waals surface area contributed by atoms with Crippen molar-refractivity contribution in [1.82, 2.24) is 0 Å². The quantitative estimate of drug-likeness (QED) is 0.616. The summed E-state index contributed by atoms with van der Waals surface area (Å²) >= 11 is 0. The average Bonchev–Trinajstić information content (AvgIpc) is 2.68. The van der Waals surface area contributed by atoms with E-state index in [9.17, 15) is 4.39 Å². The highest BCUT2D eigenvalue weighted by Crippen LogP contribution is 2.44. The Morgan fingerprint density at radius 1 is 1.11 bits per heavy atom. The number of nitrogens with two attached hydrogens (primary N) is 1. The van der Waals surface area contributed by atoms with Gasteiger partial charge in [0.15, 0.2) is 0 Å². The van der Waals surface area contributed by atoms with Gasteiger partial charge in [-0.25, -0.2) is 9.38 Å². The number of hydrogen-bond acceptors (Lipinski definition) is 2. The number of nitrogens with zero attached hydrogens (tertiary/aromatic N) is 1. The highest BCUT2D eigenvalue weighted by Gasteiger charge is 2.19. The Kier molecular flexibility index (Phi) is 2.52. The first kappa shape index (κ1) is 11.2. The molecule has 0 amide bonds. The van der Waals surface area contributed by atoms with Gasteiger partial charge in [0.25, 0.3) is 0 Å². The van der Waals surface area contributed by atoms with Crippen LogP contribution in [-0.4, -0.2) is 10.9 Å². The number of anilines is 1. The van der Waals surface area contributed by atoms with Crippen LogP contribution in [0, 0.1) is 5.82 Å². The van der Waals surface area contributed by atoms with Crippen molar-refractivity contribution < 1.29 is 4.39 Å². The Labute approximate surface area is 107 Å². The van der Waals surface area contributed by atoms with Crippen molar-refractivity contribution in [3.8, 4) is 0 Å². The van der Waals surface area contributed by atoms with E-state index in [4.69, 9.17) is 5.73 Å². The van der Waals surface area contributed by atoms with Crippen molar-refractivity contribution in [2.75, 3.05) is 5.73 Å². The molecule has 1 aliphatic rings. The molecule has 0 saturated heterocycles. The molecule has 2 aromatic rings. The van der Waals surface area contributed by atoms with E-state index in [2.05, 4.69) is 10.9 Å². The summed E-state index contributed by atoms with van der Waals surface area (Å²) < 4.78 is 12.9. The summed E-state index contributed by atoms with van der Waals surface area (Å²) in [7, 11) is -0.356. The smallest absolute Gasteiger partial charge is 0.123 e. The summed E-state index contributed by atoms with van der Waals surface area (Å²) in [5.41, 5.74) is 8.30. The molecule has 90 valence electrons. The number of rotatable bonds is 1. The number of benzene rings is 2. The normalized spacial score (nSPS) is 17.4. The second-order valence-electron chi connectivity index (χ2n) is 4.04. The van der Waals surface area contributed by atoms with E-state index in [-0.39, 0.29) is 16.3 Å². The topological polar surface area (TPSA) is 38.4 Å². The first-order chi connectivity index (χ1) is 8.65. The molecule has 18 heavy (non-hydrogen) atoms. The van der Waals surface area contributed by atoms with Crippen molar-refractivity contribution >= 4 is 32.8 Å². The van der Waals surface area contributed by atoms with Gasteiger partial charge in [-0.05, 0) is 42.5 Å². The molecule has 2 N–H and O–H groups in total. The second kappa shape index (κ2) is 4.07. The van der Waals surface area contributed by atoms with Crippen molar-refractivity contribution in [2.24, 2.45) is 4.99 Å². The van der Waals surface area contributed by atoms with Gasteiger partial charge in [0.05, 0.1) is 5.69 Å². The fraction of sp³-hybridized carbons (Fsp3) is 0. The molecular formula is C14H11FN2S. The highest BCUT2D eigenvalue weighted by molar-refractivity contribution is 8.28. The van der Waals surface area contributed by atoms with E-state index in [0.717, 1.165) is 21.2 Å². The van der Waals surface area contributed by atoms with Gasteiger partial charge < -0.3 is 5.73 Å². The van der Waals surface area contributed by atoms with Gasteiger partial charge in [-0.3, -0.25) is 0 Å². The van der Waals surface area contributed by atoms with E-state index in [0.29, 0.717) is 5.69 Å². The Hall–Kier alpha value is -1.94. The summed E-state index contributed by atoms with van der Waals surface area (Å²) in [5, 5.41) is 0.885. The molecule has 1 aliphatic heterocycles. The molecule has 4 heteroatoms. The first-order valence-corrected chi connectivity index (χ1v) is 6.83. The lowest BCUT2D eigenvalue weighted by molar-refractivity contribution is 0.628. The van der Waals surface area contributed by atoms with Crippen LogP contribution in [0.4, 0.5) is 15.8 Å². The van der Waals surface area contributed by atoms with Crippen LogP contribution in [0.25, 0.3) is 0 Å². The molecule has 0 aliphatic carbocycles. The van der Waals surface area contributed by atoms with E-state index in [1.807, 2.05) is 18.2 Å². The average molecular weight is 258 g/mol. The second-order valence-corrected chi connectivity index (χ2v) is 5.65. The maximum atomic E-state index is 12.9. The molecule has 0 fully saturated rings. The monoisotopic (exact) mass is 258 g/mol. The summed E-state index contributed by atoms with van der Waals surface area (Å²) in [6.07, 6.45) is 0. The van der Waals surface area contributed by atoms with Gasteiger partial charge in [-0.1, -0.05) is 5.87 Å². The zero-order valence-electron chi connectivity index (χ0n) is 9.56. The van der Waals surface area contributed by atoms with Gasteiger partial charge in [0.1, 0.15) is 10.9 Å². The minimum atomic E-state index is -0.356. The number of aliphatic imine (C=N–C) groups is 1. The van der Waals surface area contributed by atoms with Gasteiger partial charge in [0, 0.05) is 16.1 Å². The van der Waals surface area contributed by atoms with E-state index < -0.39 is 0 Å². The molecule has 0 aromatic heterocycles. The molecule has 1 unspecified atom stereocenters. The molecule has 0 spiro atoms. The minimum Gasteiger partial charge on any atom is -0.399 e. The van der Waals surface area contributed by atoms with Crippen LogP contribution >= 0.6 is 10.5 Å². The van der Waals surface area contributed by atoms with Gasteiger partial charge in [-0.2, -0.15) is 0 Å². The number of hydrogen-bond donors (Lipinski definition) is 1. The fourth-order valence-electron chi connectivity index (χ4n) is 1.89. The Morgan fingerprint density at radius 3 is 2.56 bits per heavy atom. The highest BCUT2D eigenvalue weighted by atomic mass is 32.2. The molecular weight excluding hydrogens is 247 g/mol. The van der Waals surface area contributed by atoms with Crippen LogP contribution < -0.4 is 5.73 Å². The maximum Gasteiger partial charge on any atom is 0.123 e. The zero-order chi connectivity index (χ0) is 12.7. The van der Waals surface area contributed by atoms with Crippen molar-refractivity contribution in [1.29, 1.82) is 0 Å². The Bertz CT molecular complexity index is 675. The molecule has 2 aromatic carbocycles. The number of nitrogen functional groups attached to an aromatic ring is 1. The third-order valence-electron chi connectivity index (χ3n) is 2.80. The number of halogens is 1. The third-order valence-corrected chi connectivity index (χ3v) is 4.45. The standard InChI is InChI=1S/C14H11FN2S/c1-18-13-8-11(16)6-7-12(13)17-14(18)9-2-4-10(15)5-3-9/h2-8H,1,16H2. The van der Waals surface area contributed by atoms with Crippen LogP contribution in [0.5, 0.6) is 0 Å². The van der Waals surface area contributed by atoms with Gasteiger partial charge in [0.2, 0.25) is 0 Å². The summed E-state index contributed by atoms with van der Waals surface area (Å²) in [4.78, 5) is 5.61. The largest absolute Gasteiger partial charge is 0.399 e. The molecule has 0 saturated carbocycles. The van der Waals surface area contributed by atoms with Gasteiger partial charge in [-0.15, -0.1) is 10.5 Å².